The van der Waals surface area contributed by atoms with Gasteiger partial charge >= 0.3 is 6.03 Å². The van der Waals surface area contributed by atoms with Crippen LogP contribution in [0.1, 0.15) is 36.6 Å². The summed E-state index contributed by atoms with van der Waals surface area (Å²) in [5, 5.41) is 12.1. The fourth-order valence-corrected chi connectivity index (χ4v) is 3.54. The van der Waals surface area contributed by atoms with Crippen LogP contribution >= 0.6 is 11.6 Å². The SMILES string of the molecule is Cc1cc(C)c(NC(=O)N2CCn3c(CC(C)C)nnc3C2)c(Cl)c1. The second-order valence-corrected chi connectivity index (χ2v) is 7.48. The molecular formula is C18H24ClN5O. The van der Waals surface area contributed by atoms with Crippen molar-refractivity contribution in [2.24, 2.45) is 5.92 Å². The lowest BCUT2D eigenvalue weighted by Gasteiger charge is -2.28. The summed E-state index contributed by atoms with van der Waals surface area (Å²) in [5.74, 6) is 2.37. The molecule has 1 aliphatic rings. The van der Waals surface area contributed by atoms with Gasteiger partial charge in [0.25, 0.3) is 0 Å². The summed E-state index contributed by atoms with van der Waals surface area (Å²) in [6, 6.07) is 3.70. The van der Waals surface area contributed by atoms with Crippen LogP contribution < -0.4 is 5.32 Å². The Hall–Kier alpha value is -2.08. The van der Waals surface area contributed by atoms with Gasteiger partial charge in [-0.05, 0) is 37.0 Å². The smallest absolute Gasteiger partial charge is 0.315 e. The van der Waals surface area contributed by atoms with Gasteiger partial charge in [-0.15, -0.1) is 10.2 Å². The van der Waals surface area contributed by atoms with E-state index in [1.165, 1.54) is 0 Å². The number of carbonyl (C=O) groups excluding carboxylic acids is 1. The predicted molar refractivity (Wildman–Crippen MR) is 98.9 cm³/mol. The standard InChI is InChI=1S/C18H24ClN5O/c1-11(2)7-15-21-22-16-10-23(5-6-24(15)16)18(25)20-17-13(4)8-12(3)9-14(17)19/h8-9,11H,5-7,10H2,1-4H3,(H,20,25). The molecule has 134 valence electrons. The van der Waals surface area contributed by atoms with Crippen molar-refractivity contribution in [3.05, 3.63) is 39.9 Å². The highest BCUT2D eigenvalue weighted by atomic mass is 35.5. The highest BCUT2D eigenvalue weighted by molar-refractivity contribution is 6.34. The third-order valence-corrected chi connectivity index (χ3v) is 4.67. The Balaban J connectivity index is 1.72. The molecule has 25 heavy (non-hydrogen) atoms. The number of hydrogen-bond donors (Lipinski definition) is 1. The van der Waals surface area contributed by atoms with Gasteiger partial charge in [0.2, 0.25) is 0 Å². The van der Waals surface area contributed by atoms with Gasteiger partial charge in [-0.1, -0.05) is 31.5 Å². The fraction of sp³-hybridized carbons (Fsp3) is 0.500. The number of benzene rings is 1. The average Bonchev–Trinajstić information content (AvgIpc) is 2.92. The number of amides is 2. The largest absolute Gasteiger partial charge is 0.322 e. The molecule has 6 nitrogen and oxygen atoms in total. The first-order valence-corrected chi connectivity index (χ1v) is 8.96. The molecule has 0 radical (unpaired) electrons. The van der Waals surface area contributed by atoms with Crippen LogP contribution in [0.4, 0.5) is 10.5 Å². The summed E-state index contributed by atoms with van der Waals surface area (Å²) >= 11 is 6.29. The zero-order chi connectivity index (χ0) is 18.1. The zero-order valence-electron chi connectivity index (χ0n) is 15.1. The maximum absolute atomic E-state index is 12.6. The molecule has 0 aliphatic carbocycles. The van der Waals surface area contributed by atoms with Crippen LogP contribution in [0.5, 0.6) is 0 Å². The van der Waals surface area contributed by atoms with Gasteiger partial charge in [0.15, 0.2) is 5.82 Å². The molecule has 0 saturated carbocycles. The summed E-state index contributed by atoms with van der Waals surface area (Å²) in [6.45, 7) is 10.1. The summed E-state index contributed by atoms with van der Waals surface area (Å²) in [4.78, 5) is 14.4. The number of hydrogen-bond acceptors (Lipinski definition) is 3. The summed E-state index contributed by atoms with van der Waals surface area (Å²) < 4.78 is 2.13. The van der Waals surface area contributed by atoms with Crippen molar-refractivity contribution in [3.63, 3.8) is 0 Å². The van der Waals surface area contributed by atoms with Gasteiger partial charge in [0.05, 0.1) is 17.3 Å². The van der Waals surface area contributed by atoms with E-state index < -0.39 is 0 Å². The van der Waals surface area contributed by atoms with E-state index in [4.69, 9.17) is 11.6 Å². The molecule has 0 unspecified atom stereocenters. The van der Waals surface area contributed by atoms with E-state index in [1.54, 1.807) is 4.90 Å². The van der Waals surface area contributed by atoms with E-state index in [0.29, 0.717) is 29.7 Å². The van der Waals surface area contributed by atoms with Crippen molar-refractivity contribution in [2.45, 2.75) is 47.2 Å². The summed E-state index contributed by atoms with van der Waals surface area (Å²) in [5.41, 5.74) is 2.70. The molecule has 2 aromatic rings. The molecule has 1 aromatic heterocycles. The van der Waals surface area contributed by atoms with Crippen LogP contribution in [-0.4, -0.2) is 32.2 Å². The maximum Gasteiger partial charge on any atom is 0.322 e. The second-order valence-electron chi connectivity index (χ2n) is 7.07. The Morgan fingerprint density at radius 1 is 1.28 bits per heavy atom. The van der Waals surface area contributed by atoms with Crippen LogP contribution in [0.25, 0.3) is 0 Å². The van der Waals surface area contributed by atoms with Crippen LogP contribution in [0.15, 0.2) is 12.1 Å². The maximum atomic E-state index is 12.6. The van der Waals surface area contributed by atoms with Crippen molar-refractivity contribution in [1.82, 2.24) is 19.7 Å². The van der Waals surface area contributed by atoms with Crippen LogP contribution in [-0.2, 0) is 19.5 Å². The molecular weight excluding hydrogens is 338 g/mol. The summed E-state index contributed by atoms with van der Waals surface area (Å²) in [6.07, 6.45) is 0.900. The number of aryl methyl sites for hydroxylation is 2. The number of halogens is 1. The lowest BCUT2D eigenvalue weighted by atomic mass is 10.1. The lowest BCUT2D eigenvalue weighted by molar-refractivity contribution is 0.195. The minimum absolute atomic E-state index is 0.159. The Morgan fingerprint density at radius 2 is 2.04 bits per heavy atom. The van der Waals surface area contributed by atoms with Crippen LogP contribution in [0.2, 0.25) is 5.02 Å². The number of nitrogens with one attached hydrogen (secondary N) is 1. The van der Waals surface area contributed by atoms with Crippen molar-refractivity contribution < 1.29 is 4.79 Å². The molecule has 2 amide bonds. The molecule has 0 saturated heterocycles. The number of nitrogens with zero attached hydrogens (tertiary/aromatic N) is 4. The van der Waals surface area contributed by atoms with Crippen LogP contribution in [0.3, 0.4) is 0 Å². The van der Waals surface area contributed by atoms with Gasteiger partial charge in [-0.2, -0.15) is 0 Å². The van der Waals surface area contributed by atoms with Gasteiger partial charge in [-0.25, -0.2) is 4.79 Å². The quantitative estimate of drug-likeness (QED) is 0.904. The number of carbonyl (C=O) groups is 1. The highest BCUT2D eigenvalue weighted by Crippen LogP contribution is 2.28. The highest BCUT2D eigenvalue weighted by Gasteiger charge is 2.25. The van der Waals surface area contributed by atoms with Crippen LogP contribution in [0, 0.1) is 19.8 Å². The Kier molecular flexibility index (Phi) is 4.99. The second kappa shape index (κ2) is 7.04. The van der Waals surface area contributed by atoms with E-state index in [-0.39, 0.29) is 6.03 Å². The fourth-order valence-electron chi connectivity index (χ4n) is 3.17. The molecule has 0 bridgehead atoms. The molecule has 3 rings (SSSR count). The minimum atomic E-state index is -0.159. The molecule has 0 fully saturated rings. The molecule has 1 aliphatic heterocycles. The van der Waals surface area contributed by atoms with E-state index in [0.717, 1.165) is 35.7 Å². The third-order valence-electron chi connectivity index (χ3n) is 4.37. The van der Waals surface area contributed by atoms with Gasteiger partial charge in [0, 0.05) is 19.5 Å². The molecule has 7 heteroatoms. The van der Waals surface area contributed by atoms with Crippen molar-refractivity contribution in [2.75, 3.05) is 11.9 Å². The van der Waals surface area contributed by atoms with Crippen molar-refractivity contribution >= 4 is 23.3 Å². The van der Waals surface area contributed by atoms with E-state index in [9.17, 15) is 4.79 Å². The normalized spacial score (nSPS) is 13.9. The number of urea groups is 1. The van der Waals surface area contributed by atoms with Gasteiger partial charge in [-0.3, -0.25) is 0 Å². The minimum Gasteiger partial charge on any atom is -0.315 e. The topological polar surface area (TPSA) is 63.1 Å². The number of rotatable bonds is 3. The Bertz CT molecular complexity index is 776. The van der Waals surface area contributed by atoms with Crippen molar-refractivity contribution in [1.29, 1.82) is 0 Å². The van der Waals surface area contributed by atoms with E-state index in [2.05, 4.69) is 33.9 Å². The monoisotopic (exact) mass is 361 g/mol. The first-order valence-electron chi connectivity index (χ1n) is 8.58. The molecule has 1 aromatic carbocycles. The molecule has 0 atom stereocenters. The van der Waals surface area contributed by atoms with Gasteiger partial charge < -0.3 is 14.8 Å². The Morgan fingerprint density at radius 3 is 2.72 bits per heavy atom. The van der Waals surface area contributed by atoms with E-state index in [1.807, 2.05) is 26.0 Å². The molecule has 1 N–H and O–H groups in total. The zero-order valence-corrected chi connectivity index (χ0v) is 15.9. The van der Waals surface area contributed by atoms with Crippen molar-refractivity contribution in [3.8, 4) is 0 Å². The lowest BCUT2D eigenvalue weighted by Crippen LogP contribution is -2.41. The predicted octanol–water partition coefficient (Wildman–Crippen LogP) is 3.79. The Labute approximate surface area is 153 Å². The van der Waals surface area contributed by atoms with Gasteiger partial charge in [0.1, 0.15) is 5.82 Å². The number of fused-ring (bicyclic) bond motifs is 1. The average molecular weight is 362 g/mol. The molecule has 2 heterocycles. The first-order chi connectivity index (χ1) is 11.8. The summed E-state index contributed by atoms with van der Waals surface area (Å²) in [7, 11) is 0. The molecule has 0 spiro atoms. The third kappa shape index (κ3) is 3.79. The van der Waals surface area contributed by atoms with E-state index >= 15 is 0 Å². The number of anilines is 1. The number of aromatic nitrogens is 3. The first kappa shape index (κ1) is 17.7.